The standard InChI is InChI=1S/C13H30N4/c1-6-12(4)16-13(14-5)15-10-9-11-17(7-2)8-3/h12H,6-11H2,1-5H3,(H2,14,15,16). The molecule has 0 aliphatic rings. The SMILES string of the molecule is CCC(C)NC(=NC)NCCCN(CC)CC. The molecule has 0 aliphatic carbocycles. The molecular weight excluding hydrogens is 212 g/mol. The summed E-state index contributed by atoms with van der Waals surface area (Å²) >= 11 is 0. The predicted octanol–water partition coefficient (Wildman–Crippen LogP) is 1.68. The van der Waals surface area contributed by atoms with Crippen LogP contribution in [0.15, 0.2) is 4.99 Å². The van der Waals surface area contributed by atoms with Crippen molar-refractivity contribution in [3.05, 3.63) is 0 Å². The molecule has 0 amide bonds. The summed E-state index contributed by atoms with van der Waals surface area (Å²) in [6.07, 6.45) is 2.27. The fraction of sp³-hybridized carbons (Fsp3) is 0.923. The number of aliphatic imine (C=N–C) groups is 1. The van der Waals surface area contributed by atoms with Crippen LogP contribution >= 0.6 is 0 Å². The Morgan fingerprint density at radius 3 is 2.35 bits per heavy atom. The number of guanidine groups is 1. The van der Waals surface area contributed by atoms with Gasteiger partial charge in [0.05, 0.1) is 0 Å². The molecule has 0 aromatic carbocycles. The molecule has 0 aliphatic heterocycles. The van der Waals surface area contributed by atoms with E-state index < -0.39 is 0 Å². The lowest BCUT2D eigenvalue weighted by molar-refractivity contribution is 0.300. The third-order valence-corrected chi connectivity index (χ3v) is 3.06. The van der Waals surface area contributed by atoms with E-state index in [1.807, 2.05) is 7.05 Å². The summed E-state index contributed by atoms with van der Waals surface area (Å²) in [7, 11) is 1.82. The number of hydrogen-bond acceptors (Lipinski definition) is 2. The Morgan fingerprint density at radius 2 is 1.88 bits per heavy atom. The second kappa shape index (κ2) is 10.4. The molecule has 0 saturated carbocycles. The molecule has 2 N–H and O–H groups in total. The Balaban J connectivity index is 3.71. The molecule has 17 heavy (non-hydrogen) atoms. The van der Waals surface area contributed by atoms with Crippen molar-refractivity contribution >= 4 is 5.96 Å². The largest absolute Gasteiger partial charge is 0.356 e. The highest BCUT2D eigenvalue weighted by atomic mass is 15.2. The molecular formula is C13H30N4. The zero-order chi connectivity index (χ0) is 13.1. The van der Waals surface area contributed by atoms with E-state index in [0.717, 1.165) is 45.0 Å². The van der Waals surface area contributed by atoms with E-state index in [0.29, 0.717) is 6.04 Å². The Hall–Kier alpha value is -0.770. The molecule has 1 unspecified atom stereocenters. The van der Waals surface area contributed by atoms with Crippen molar-refractivity contribution in [2.45, 2.75) is 46.6 Å². The first-order valence-electron chi connectivity index (χ1n) is 6.87. The highest BCUT2D eigenvalue weighted by Gasteiger charge is 2.02. The highest BCUT2D eigenvalue weighted by Crippen LogP contribution is 1.90. The van der Waals surface area contributed by atoms with Crippen LogP contribution in [0.5, 0.6) is 0 Å². The van der Waals surface area contributed by atoms with Gasteiger partial charge < -0.3 is 15.5 Å². The summed E-state index contributed by atoms with van der Waals surface area (Å²) in [4.78, 5) is 6.65. The van der Waals surface area contributed by atoms with Crippen molar-refractivity contribution in [3.63, 3.8) is 0 Å². The fourth-order valence-electron chi connectivity index (χ4n) is 1.58. The molecule has 0 saturated heterocycles. The van der Waals surface area contributed by atoms with Crippen LogP contribution in [0.25, 0.3) is 0 Å². The first kappa shape index (κ1) is 16.2. The molecule has 4 heteroatoms. The zero-order valence-electron chi connectivity index (χ0n) is 12.2. The monoisotopic (exact) mass is 242 g/mol. The first-order chi connectivity index (χ1) is 8.17. The molecule has 4 nitrogen and oxygen atoms in total. The summed E-state index contributed by atoms with van der Waals surface area (Å²) in [5.41, 5.74) is 0. The Labute approximate surface area is 107 Å². The molecule has 0 aromatic rings. The van der Waals surface area contributed by atoms with E-state index in [1.165, 1.54) is 0 Å². The van der Waals surface area contributed by atoms with E-state index in [9.17, 15) is 0 Å². The van der Waals surface area contributed by atoms with Gasteiger partial charge in [-0.15, -0.1) is 0 Å². The highest BCUT2D eigenvalue weighted by molar-refractivity contribution is 5.79. The molecule has 0 heterocycles. The summed E-state index contributed by atoms with van der Waals surface area (Å²) in [6, 6.07) is 0.476. The van der Waals surface area contributed by atoms with Crippen LogP contribution in [-0.4, -0.2) is 50.1 Å². The Bertz CT molecular complexity index is 200. The zero-order valence-corrected chi connectivity index (χ0v) is 12.2. The van der Waals surface area contributed by atoms with Crippen LogP contribution in [0, 0.1) is 0 Å². The third kappa shape index (κ3) is 8.02. The minimum atomic E-state index is 0.476. The summed E-state index contributed by atoms with van der Waals surface area (Å²) in [6.45, 7) is 13.2. The van der Waals surface area contributed by atoms with E-state index in [4.69, 9.17) is 0 Å². The Morgan fingerprint density at radius 1 is 1.24 bits per heavy atom. The Kier molecular flexibility index (Phi) is 9.92. The maximum absolute atomic E-state index is 4.21. The molecule has 0 radical (unpaired) electrons. The average Bonchev–Trinajstić information content (AvgIpc) is 2.37. The van der Waals surface area contributed by atoms with Gasteiger partial charge in [-0.25, -0.2) is 0 Å². The van der Waals surface area contributed by atoms with Crippen LogP contribution in [0.2, 0.25) is 0 Å². The summed E-state index contributed by atoms with van der Waals surface area (Å²) in [5.74, 6) is 0.916. The molecule has 1 atom stereocenters. The van der Waals surface area contributed by atoms with Gasteiger partial charge in [0.2, 0.25) is 0 Å². The van der Waals surface area contributed by atoms with E-state index >= 15 is 0 Å². The van der Waals surface area contributed by atoms with Gasteiger partial charge in [0.25, 0.3) is 0 Å². The van der Waals surface area contributed by atoms with Crippen molar-refractivity contribution in [1.82, 2.24) is 15.5 Å². The van der Waals surface area contributed by atoms with Gasteiger partial charge in [0.1, 0.15) is 0 Å². The molecule has 102 valence electrons. The number of hydrogen-bond donors (Lipinski definition) is 2. The molecule has 0 bridgehead atoms. The topological polar surface area (TPSA) is 39.7 Å². The first-order valence-corrected chi connectivity index (χ1v) is 6.87. The van der Waals surface area contributed by atoms with Crippen molar-refractivity contribution < 1.29 is 0 Å². The summed E-state index contributed by atoms with van der Waals surface area (Å²) in [5, 5.41) is 6.71. The minimum Gasteiger partial charge on any atom is -0.356 e. The van der Waals surface area contributed by atoms with Gasteiger partial charge in [-0.1, -0.05) is 20.8 Å². The number of nitrogens with one attached hydrogen (secondary N) is 2. The minimum absolute atomic E-state index is 0.476. The molecule has 0 spiro atoms. The van der Waals surface area contributed by atoms with Crippen LogP contribution < -0.4 is 10.6 Å². The van der Waals surface area contributed by atoms with Crippen LogP contribution in [-0.2, 0) is 0 Å². The van der Waals surface area contributed by atoms with Crippen molar-refractivity contribution in [3.8, 4) is 0 Å². The molecule has 0 fully saturated rings. The number of rotatable bonds is 8. The second-order valence-corrected chi connectivity index (χ2v) is 4.33. The lowest BCUT2D eigenvalue weighted by atomic mass is 10.3. The average molecular weight is 242 g/mol. The lowest BCUT2D eigenvalue weighted by Crippen LogP contribution is -2.42. The van der Waals surface area contributed by atoms with Crippen molar-refractivity contribution in [1.29, 1.82) is 0 Å². The molecule has 0 rings (SSSR count). The second-order valence-electron chi connectivity index (χ2n) is 4.33. The van der Waals surface area contributed by atoms with Crippen molar-refractivity contribution in [2.24, 2.45) is 4.99 Å². The maximum Gasteiger partial charge on any atom is 0.191 e. The quantitative estimate of drug-likeness (QED) is 0.386. The van der Waals surface area contributed by atoms with Gasteiger partial charge in [0.15, 0.2) is 5.96 Å². The van der Waals surface area contributed by atoms with Crippen LogP contribution in [0.1, 0.15) is 40.5 Å². The van der Waals surface area contributed by atoms with Crippen molar-refractivity contribution in [2.75, 3.05) is 33.2 Å². The van der Waals surface area contributed by atoms with E-state index in [1.54, 1.807) is 0 Å². The smallest absolute Gasteiger partial charge is 0.191 e. The van der Waals surface area contributed by atoms with Gasteiger partial charge in [0, 0.05) is 19.6 Å². The van der Waals surface area contributed by atoms with Gasteiger partial charge in [-0.2, -0.15) is 0 Å². The number of nitrogens with zero attached hydrogens (tertiary/aromatic N) is 2. The van der Waals surface area contributed by atoms with E-state index in [2.05, 4.69) is 48.2 Å². The van der Waals surface area contributed by atoms with E-state index in [-0.39, 0.29) is 0 Å². The normalized spacial score (nSPS) is 13.9. The maximum atomic E-state index is 4.21. The third-order valence-electron chi connectivity index (χ3n) is 3.06. The molecule has 0 aromatic heterocycles. The van der Waals surface area contributed by atoms with Gasteiger partial charge in [-0.05, 0) is 39.4 Å². The fourth-order valence-corrected chi connectivity index (χ4v) is 1.58. The predicted molar refractivity (Wildman–Crippen MR) is 76.7 cm³/mol. The van der Waals surface area contributed by atoms with Gasteiger partial charge >= 0.3 is 0 Å². The van der Waals surface area contributed by atoms with Crippen LogP contribution in [0.3, 0.4) is 0 Å². The van der Waals surface area contributed by atoms with Gasteiger partial charge in [-0.3, -0.25) is 4.99 Å². The lowest BCUT2D eigenvalue weighted by Gasteiger charge is -2.19. The summed E-state index contributed by atoms with van der Waals surface area (Å²) < 4.78 is 0. The van der Waals surface area contributed by atoms with Crippen LogP contribution in [0.4, 0.5) is 0 Å².